The van der Waals surface area contributed by atoms with E-state index >= 15 is 0 Å². The van der Waals surface area contributed by atoms with Crippen molar-refractivity contribution in [2.45, 2.75) is 24.2 Å². The van der Waals surface area contributed by atoms with Crippen molar-refractivity contribution in [1.29, 1.82) is 0 Å². The molecule has 2 aliphatic rings. The van der Waals surface area contributed by atoms with Crippen molar-refractivity contribution in [1.82, 2.24) is 14.5 Å². The van der Waals surface area contributed by atoms with Crippen molar-refractivity contribution in [2.75, 3.05) is 39.3 Å². The van der Waals surface area contributed by atoms with Gasteiger partial charge in [-0.25, -0.2) is 8.42 Å². The number of hydrogen-bond donors (Lipinski definition) is 1. The number of carbonyl (C=O) groups is 1. The van der Waals surface area contributed by atoms with E-state index in [4.69, 9.17) is 0 Å². The maximum Gasteiger partial charge on any atom is 0.243 e. The van der Waals surface area contributed by atoms with Gasteiger partial charge in [0.1, 0.15) is 0 Å². The highest BCUT2D eigenvalue weighted by Gasteiger charge is 2.30. The number of hydrogen-bond acceptors (Lipinski definition) is 4. The van der Waals surface area contributed by atoms with Crippen LogP contribution >= 0.6 is 12.4 Å². The Balaban J connectivity index is 0.00000225. The van der Waals surface area contributed by atoms with Crippen molar-refractivity contribution in [3.8, 4) is 0 Å². The van der Waals surface area contributed by atoms with Crippen LogP contribution in [-0.4, -0.2) is 62.8 Å². The van der Waals surface area contributed by atoms with Crippen LogP contribution in [-0.2, 0) is 14.8 Å². The van der Waals surface area contributed by atoms with E-state index in [9.17, 15) is 13.2 Å². The second-order valence-corrected chi connectivity index (χ2v) is 8.43. The highest BCUT2D eigenvalue weighted by atomic mass is 35.5. The number of rotatable bonds is 5. The molecule has 1 amide bonds. The summed E-state index contributed by atoms with van der Waals surface area (Å²) in [5.74, 6) is 0.757. The molecule has 0 aliphatic carbocycles. The summed E-state index contributed by atoms with van der Waals surface area (Å²) in [4.78, 5) is 14.4. The molecular formula is C17H26ClN3O3S. The largest absolute Gasteiger partial charge is 0.340 e. The van der Waals surface area contributed by atoms with E-state index in [1.54, 1.807) is 35.2 Å². The summed E-state index contributed by atoms with van der Waals surface area (Å²) >= 11 is 0. The summed E-state index contributed by atoms with van der Waals surface area (Å²) < 4.78 is 26.6. The molecule has 1 atom stereocenters. The monoisotopic (exact) mass is 387 g/mol. The van der Waals surface area contributed by atoms with Gasteiger partial charge in [-0.2, -0.15) is 4.31 Å². The summed E-state index contributed by atoms with van der Waals surface area (Å²) in [7, 11) is -3.45. The van der Waals surface area contributed by atoms with Gasteiger partial charge >= 0.3 is 0 Å². The number of sulfonamides is 1. The first-order valence-corrected chi connectivity index (χ1v) is 10.0. The average Bonchev–Trinajstić information content (AvgIpc) is 3.14. The molecule has 140 valence electrons. The van der Waals surface area contributed by atoms with Crippen molar-refractivity contribution < 1.29 is 13.2 Å². The smallest absolute Gasteiger partial charge is 0.243 e. The van der Waals surface area contributed by atoms with Gasteiger partial charge in [-0.05, 0) is 44.0 Å². The summed E-state index contributed by atoms with van der Waals surface area (Å²) in [5.41, 5.74) is 0. The molecule has 0 saturated carbocycles. The van der Waals surface area contributed by atoms with Crippen molar-refractivity contribution in [3.05, 3.63) is 30.3 Å². The second-order valence-electron chi connectivity index (χ2n) is 6.50. The lowest BCUT2D eigenvalue weighted by molar-refractivity contribution is -0.132. The molecule has 1 unspecified atom stereocenters. The van der Waals surface area contributed by atoms with E-state index in [0.29, 0.717) is 43.4 Å². The molecular weight excluding hydrogens is 362 g/mol. The third kappa shape index (κ3) is 4.94. The predicted octanol–water partition coefficient (Wildman–Crippen LogP) is 1.33. The molecule has 8 heteroatoms. The van der Waals surface area contributed by atoms with Crippen LogP contribution in [0.4, 0.5) is 0 Å². The average molecular weight is 388 g/mol. The van der Waals surface area contributed by atoms with Crippen LogP contribution < -0.4 is 5.32 Å². The molecule has 0 aromatic heterocycles. The molecule has 0 bridgehead atoms. The second kappa shape index (κ2) is 8.98. The Morgan fingerprint density at radius 3 is 2.40 bits per heavy atom. The molecule has 0 spiro atoms. The Bertz CT molecular complexity index is 655. The topological polar surface area (TPSA) is 69.7 Å². The Morgan fingerprint density at radius 2 is 1.80 bits per heavy atom. The van der Waals surface area contributed by atoms with Crippen LogP contribution in [0, 0.1) is 5.92 Å². The molecule has 2 aliphatic heterocycles. The fourth-order valence-electron chi connectivity index (χ4n) is 3.37. The van der Waals surface area contributed by atoms with E-state index < -0.39 is 10.0 Å². The number of piperazine rings is 1. The molecule has 2 saturated heterocycles. The quantitative estimate of drug-likeness (QED) is 0.827. The zero-order valence-electron chi connectivity index (χ0n) is 14.3. The third-order valence-corrected chi connectivity index (χ3v) is 6.81. The van der Waals surface area contributed by atoms with Gasteiger partial charge in [0.05, 0.1) is 4.90 Å². The zero-order valence-corrected chi connectivity index (χ0v) is 15.9. The predicted molar refractivity (Wildman–Crippen MR) is 99.2 cm³/mol. The minimum atomic E-state index is -3.45. The maximum atomic E-state index is 12.6. The van der Waals surface area contributed by atoms with Crippen molar-refractivity contribution in [2.24, 2.45) is 5.92 Å². The Labute approximate surface area is 156 Å². The Hall–Kier alpha value is -1.15. The molecule has 2 heterocycles. The SMILES string of the molecule is Cl.O=C(CCC1CCNC1)N1CCN(S(=O)(=O)c2ccccc2)CC1. The van der Waals surface area contributed by atoms with E-state index in [-0.39, 0.29) is 18.3 Å². The fraction of sp³-hybridized carbons (Fsp3) is 0.588. The molecule has 1 aromatic rings. The van der Waals surface area contributed by atoms with Crippen LogP contribution in [0.15, 0.2) is 35.2 Å². The van der Waals surface area contributed by atoms with Gasteiger partial charge in [0.25, 0.3) is 0 Å². The minimum absolute atomic E-state index is 0. The van der Waals surface area contributed by atoms with E-state index in [2.05, 4.69) is 5.32 Å². The normalized spacial score (nSPS) is 21.8. The number of amides is 1. The van der Waals surface area contributed by atoms with Crippen LogP contribution in [0.25, 0.3) is 0 Å². The Morgan fingerprint density at radius 1 is 1.12 bits per heavy atom. The first kappa shape index (κ1) is 20.2. The molecule has 25 heavy (non-hydrogen) atoms. The minimum Gasteiger partial charge on any atom is -0.340 e. The number of halogens is 1. The molecule has 2 fully saturated rings. The molecule has 1 aromatic carbocycles. The van der Waals surface area contributed by atoms with Gasteiger partial charge in [-0.1, -0.05) is 18.2 Å². The molecule has 6 nitrogen and oxygen atoms in total. The maximum absolute atomic E-state index is 12.6. The number of carbonyl (C=O) groups excluding carboxylic acids is 1. The first-order valence-electron chi connectivity index (χ1n) is 8.61. The zero-order chi connectivity index (χ0) is 17.0. The third-order valence-electron chi connectivity index (χ3n) is 4.90. The molecule has 3 rings (SSSR count). The fourth-order valence-corrected chi connectivity index (χ4v) is 4.81. The first-order chi connectivity index (χ1) is 11.6. The summed E-state index contributed by atoms with van der Waals surface area (Å²) in [6.45, 7) is 3.76. The van der Waals surface area contributed by atoms with Crippen LogP contribution in [0.5, 0.6) is 0 Å². The van der Waals surface area contributed by atoms with Crippen LogP contribution in [0.1, 0.15) is 19.3 Å². The Kier molecular flexibility index (Phi) is 7.25. The van der Waals surface area contributed by atoms with Gasteiger partial charge < -0.3 is 10.2 Å². The van der Waals surface area contributed by atoms with Gasteiger partial charge in [-0.15, -0.1) is 12.4 Å². The lowest BCUT2D eigenvalue weighted by Crippen LogP contribution is -2.50. The van der Waals surface area contributed by atoms with Gasteiger partial charge in [-0.3, -0.25) is 4.79 Å². The number of nitrogens with zero attached hydrogens (tertiary/aromatic N) is 2. The van der Waals surface area contributed by atoms with Gasteiger partial charge in [0.15, 0.2) is 0 Å². The van der Waals surface area contributed by atoms with E-state index in [1.807, 2.05) is 0 Å². The lowest BCUT2D eigenvalue weighted by atomic mass is 10.0. The molecule has 1 N–H and O–H groups in total. The summed E-state index contributed by atoms with van der Waals surface area (Å²) in [6, 6.07) is 8.48. The van der Waals surface area contributed by atoms with Crippen LogP contribution in [0.3, 0.4) is 0 Å². The standard InChI is InChI=1S/C17H25N3O3S.ClH/c21-17(7-6-15-8-9-18-14-15)19-10-12-20(13-11-19)24(22,23)16-4-2-1-3-5-16;/h1-5,15,18H,6-14H2;1H. The highest BCUT2D eigenvalue weighted by Crippen LogP contribution is 2.19. The lowest BCUT2D eigenvalue weighted by Gasteiger charge is -2.34. The summed E-state index contributed by atoms with van der Waals surface area (Å²) in [5, 5.41) is 3.32. The van der Waals surface area contributed by atoms with Crippen LogP contribution in [0.2, 0.25) is 0 Å². The summed E-state index contributed by atoms with van der Waals surface area (Å²) in [6.07, 6.45) is 2.64. The van der Waals surface area contributed by atoms with E-state index in [0.717, 1.165) is 25.9 Å². The van der Waals surface area contributed by atoms with Gasteiger partial charge in [0, 0.05) is 32.6 Å². The highest BCUT2D eigenvalue weighted by molar-refractivity contribution is 7.89. The van der Waals surface area contributed by atoms with Crippen molar-refractivity contribution >= 4 is 28.3 Å². The van der Waals surface area contributed by atoms with Crippen molar-refractivity contribution in [3.63, 3.8) is 0 Å². The number of nitrogens with one attached hydrogen (secondary N) is 1. The van der Waals surface area contributed by atoms with E-state index in [1.165, 1.54) is 4.31 Å². The molecule has 0 radical (unpaired) electrons. The number of benzene rings is 1. The van der Waals surface area contributed by atoms with Gasteiger partial charge in [0.2, 0.25) is 15.9 Å².